The largest absolute Gasteiger partial charge is 0.390 e. The van der Waals surface area contributed by atoms with Crippen LogP contribution in [-0.4, -0.2) is 32.1 Å². The average molecular weight is 429 g/mol. The third kappa shape index (κ3) is 4.40. The van der Waals surface area contributed by atoms with Crippen LogP contribution in [0.1, 0.15) is 96.0 Å². The van der Waals surface area contributed by atoms with E-state index in [0.717, 1.165) is 56.8 Å². The Balaban J connectivity index is 1.41. The summed E-state index contributed by atoms with van der Waals surface area (Å²) in [7, 11) is 0. The van der Waals surface area contributed by atoms with Crippen LogP contribution >= 0.6 is 0 Å². The molecule has 7 unspecified atom stereocenters. The van der Waals surface area contributed by atoms with Crippen LogP contribution in [0, 0.1) is 35.0 Å². The summed E-state index contributed by atoms with van der Waals surface area (Å²) in [5.41, 5.74) is 0.0483. The van der Waals surface area contributed by atoms with Crippen LogP contribution in [0.2, 0.25) is 0 Å². The molecule has 5 heteroatoms. The molecule has 0 aromatic carbocycles. The predicted octanol–water partition coefficient (Wildman–Crippen LogP) is 5.06. The van der Waals surface area contributed by atoms with Crippen molar-refractivity contribution in [3.63, 3.8) is 0 Å². The van der Waals surface area contributed by atoms with Gasteiger partial charge in [-0.1, -0.05) is 20.3 Å². The second kappa shape index (κ2) is 8.46. The number of ketones is 2. The van der Waals surface area contributed by atoms with E-state index in [2.05, 4.69) is 18.9 Å². The van der Waals surface area contributed by atoms with Crippen molar-refractivity contribution in [1.29, 1.82) is 0 Å². The van der Waals surface area contributed by atoms with Crippen molar-refractivity contribution in [2.45, 2.75) is 97.6 Å². The van der Waals surface area contributed by atoms with Crippen molar-refractivity contribution in [3.05, 3.63) is 18.0 Å². The Kier molecular flexibility index (Phi) is 6.19. The van der Waals surface area contributed by atoms with Crippen molar-refractivity contribution in [3.8, 4) is 0 Å². The van der Waals surface area contributed by atoms with Crippen molar-refractivity contribution in [1.82, 2.24) is 9.78 Å². The summed E-state index contributed by atoms with van der Waals surface area (Å²) in [6, 6.07) is 1.70. The minimum absolute atomic E-state index is 0.0629. The number of hydrogen-bond donors (Lipinski definition) is 1. The molecule has 31 heavy (non-hydrogen) atoms. The van der Waals surface area contributed by atoms with Gasteiger partial charge in [-0.2, -0.15) is 5.10 Å². The summed E-state index contributed by atoms with van der Waals surface area (Å²) in [5.74, 6) is 3.07. The number of aromatic nitrogens is 2. The normalized spacial score (nSPS) is 40.5. The number of fused-ring (bicyclic) bond motifs is 1. The van der Waals surface area contributed by atoms with Gasteiger partial charge in [0.05, 0.1) is 12.1 Å². The highest BCUT2D eigenvalue weighted by Gasteiger charge is 2.53. The van der Waals surface area contributed by atoms with Crippen LogP contribution in [0.25, 0.3) is 0 Å². The van der Waals surface area contributed by atoms with E-state index in [9.17, 15) is 14.7 Å². The third-order valence-electron chi connectivity index (χ3n) is 9.33. The lowest BCUT2D eigenvalue weighted by Gasteiger charge is -2.49. The molecular formula is C26H40N2O3. The standard InChI is InChI=1S/C26H40N2O3/c1-5-18-15-25(3,31)11-9-21(18)19-8-12-26(4)20(14-19)6-7-22(26)24(30)16-28-13-10-23(27-28)17(2)29/h10,13,18-22,31H,5-9,11-12,14-16H2,1-4H3. The molecule has 1 aromatic rings. The molecule has 0 bridgehead atoms. The molecule has 1 N–H and O–H groups in total. The SMILES string of the molecule is CCC1CC(C)(O)CCC1C1CCC2(C)C(CCC2C(=O)Cn2ccc(C(C)=O)n2)C1. The average Bonchev–Trinajstić information content (AvgIpc) is 3.31. The Bertz CT molecular complexity index is 828. The molecule has 7 atom stereocenters. The van der Waals surface area contributed by atoms with Crippen molar-refractivity contribution < 1.29 is 14.7 Å². The highest BCUT2D eigenvalue weighted by Crippen LogP contribution is 2.59. The number of carbonyl (C=O) groups excluding carboxylic acids is 2. The molecule has 3 fully saturated rings. The lowest BCUT2D eigenvalue weighted by atomic mass is 9.56. The first kappa shape index (κ1) is 22.7. The van der Waals surface area contributed by atoms with Gasteiger partial charge in [0.15, 0.2) is 11.6 Å². The summed E-state index contributed by atoms with van der Waals surface area (Å²) in [4.78, 5) is 24.7. The van der Waals surface area contributed by atoms with E-state index in [1.807, 2.05) is 6.92 Å². The molecule has 172 valence electrons. The summed E-state index contributed by atoms with van der Waals surface area (Å²) >= 11 is 0. The van der Waals surface area contributed by atoms with E-state index < -0.39 is 5.60 Å². The van der Waals surface area contributed by atoms with Gasteiger partial charge in [0.25, 0.3) is 0 Å². The van der Waals surface area contributed by atoms with Gasteiger partial charge in [-0.15, -0.1) is 0 Å². The number of rotatable bonds is 6. The first-order valence-corrected chi connectivity index (χ1v) is 12.4. The number of nitrogens with zero attached hydrogens (tertiary/aromatic N) is 2. The second-order valence-electron chi connectivity index (χ2n) is 11.4. The van der Waals surface area contributed by atoms with Crippen LogP contribution in [0.15, 0.2) is 12.3 Å². The van der Waals surface area contributed by atoms with Gasteiger partial charge in [0.2, 0.25) is 0 Å². The number of hydrogen-bond acceptors (Lipinski definition) is 4. The smallest absolute Gasteiger partial charge is 0.179 e. The maximum atomic E-state index is 13.2. The Morgan fingerprint density at radius 1 is 1.19 bits per heavy atom. The third-order valence-corrected chi connectivity index (χ3v) is 9.33. The van der Waals surface area contributed by atoms with Crippen LogP contribution < -0.4 is 0 Å². The predicted molar refractivity (Wildman–Crippen MR) is 121 cm³/mol. The van der Waals surface area contributed by atoms with Gasteiger partial charge in [-0.05, 0) is 93.4 Å². The van der Waals surface area contributed by atoms with Gasteiger partial charge >= 0.3 is 0 Å². The molecule has 0 spiro atoms. The van der Waals surface area contributed by atoms with Crippen LogP contribution in [-0.2, 0) is 11.3 Å². The van der Waals surface area contributed by atoms with Gasteiger partial charge in [0.1, 0.15) is 5.69 Å². The molecule has 3 aliphatic rings. The van der Waals surface area contributed by atoms with E-state index in [0.29, 0.717) is 17.5 Å². The molecule has 0 aliphatic heterocycles. The zero-order chi connectivity index (χ0) is 22.4. The maximum absolute atomic E-state index is 13.2. The Hall–Kier alpha value is -1.49. The van der Waals surface area contributed by atoms with E-state index in [1.165, 1.54) is 19.8 Å². The van der Waals surface area contributed by atoms with Crippen LogP contribution in [0.5, 0.6) is 0 Å². The lowest BCUT2D eigenvalue weighted by molar-refractivity contribution is -0.128. The minimum atomic E-state index is -0.486. The maximum Gasteiger partial charge on any atom is 0.179 e. The monoisotopic (exact) mass is 428 g/mol. The summed E-state index contributed by atoms with van der Waals surface area (Å²) in [5, 5.41) is 14.8. The Labute approximate surface area is 187 Å². The molecule has 0 saturated heterocycles. The van der Waals surface area contributed by atoms with Gasteiger partial charge in [-0.25, -0.2) is 0 Å². The fraction of sp³-hybridized carbons (Fsp3) is 0.808. The molecule has 1 aromatic heterocycles. The van der Waals surface area contributed by atoms with Crippen molar-refractivity contribution in [2.24, 2.45) is 35.0 Å². The van der Waals surface area contributed by atoms with E-state index in [4.69, 9.17) is 0 Å². The highest BCUT2D eigenvalue weighted by atomic mass is 16.3. The molecular weight excluding hydrogens is 388 g/mol. The Morgan fingerprint density at radius 3 is 2.65 bits per heavy atom. The summed E-state index contributed by atoms with van der Waals surface area (Å²) in [6.07, 6.45) is 11.7. The van der Waals surface area contributed by atoms with Gasteiger partial charge in [0, 0.05) is 19.0 Å². The summed E-state index contributed by atoms with van der Waals surface area (Å²) < 4.78 is 1.64. The topological polar surface area (TPSA) is 72.2 Å². The van der Waals surface area contributed by atoms with Crippen molar-refractivity contribution >= 4 is 11.6 Å². The fourth-order valence-electron chi connectivity index (χ4n) is 7.48. The zero-order valence-electron chi connectivity index (χ0n) is 19.8. The lowest BCUT2D eigenvalue weighted by Crippen LogP contribution is -2.44. The Morgan fingerprint density at radius 2 is 1.97 bits per heavy atom. The molecule has 4 rings (SSSR count). The number of Topliss-reactive ketones (excluding diaryl/α,β-unsaturated/α-hetero) is 2. The van der Waals surface area contributed by atoms with Gasteiger partial charge in [-0.3, -0.25) is 14.3 Å². The molecule has 5 nitrogen and oxygen atoms in total. The highest BCUT2D eigenvalue weighted by molar-refractivity contribution is 5.92. The first-order chi connectivity index (χ1) is 14.6. The van der Waals surface area contributed by atoms with E-state index in [1.54, 1.807) is 16.9 Å². The minimum Gasteiger partial charge on any atom is -0.390 e. The first-order valence-electron chi connectivity index (χ1n) is 12.4. The van der Waals surface area contributed by atoms with Crippen molar-refractivity contribution in [2.75, 3.05) is 0 Å². The zero-order valence-corrected chi connectivity index (χ0v) is 19.8. The van der Waals surface area contributed by atoms with E-state index in [-0.39, 0.29) is 29.4 Å². The fourth-order valence-corrected chi connectivity index (χ4v) is 7.48. The molecule has 3 aliphatic carbocycles. The van der Waals surface area contributed by atoms with Gasteiger partial charge < -0.3 is 5.11 Å². The molecule has 0 amide bonds. The quantitative estimate of drug-likeness (QED) is 0.643. The van der Waals surface area contributed by atoms with E-state index >= 15 is 0 Å². The molecule has 1 heterocycles. The summed E-state index contributed by atoms with van der Waals surface area (Å²) in [6.45, 7) is 8.43. The van der Waals surface area contributed by atoms with Crippen LogP contribution in [0.3, 0.4) is 0 Å². The molecule has 3 saturated carbocycles. The molecule has 0 radical (unpaired) electrons. The number of carbonyl (C=O) groups is 2. The van der Waals surface area contributed by atoms with Crippen LogP contribution in [0.4, 0.5) is 0 Å². The number of aliphatic hydroxyl groups is 1. The second-order valence-corrected chi connectivity index (χ2v) is 11.4.